The first-order chi connectivity index (χ1) is 18.8. The summed E-state index contributed by atoms with van der Waals surface area (Å²) in [4.78, 5) is 15.2. The monoisotopic (exact) mass is 689 g/mol. The van der Waals surface area contributed by atoms with E-state index >= 15 is 0 Å². The van der Waals surface area contributed by atoms with Gasteiger partial charge in [-0.15, -0.1) is 0 Å². The Morgan fingerprint density at radius 3 is 2.20 bits per heavy atom. The molecule has 2 aromatic rings. The maximum atomic E-state index is 7.39. The van der Waals surface area contributed by atoms with Crippen molar-refractivity contribution in [3.8, 4) is 0 Å². The molecule has 1 saturated carbocycles. The molecule has 0 bridgehead atoms. The van der Waals surface area contributed by atoms with Crippen molar-refractivity contribution in [1.29, 1.82) is 0 Å². The van der Waals surface area contributed by atoms with Crippen LogP contribution < -0.4 is 0 Å². The zero-order chi connectivity index (χ0) is 30.3. The summed E-state index contributed by atoms with van der Waals surface area (Å²) in [7, 11) is -2.06. The predicted octanol–water partition coefficient (Wildman–Crippen LogP) is 9.63. The smallest absolute Gasteiger partial charge is 0.192 e. The van der Waals surface area contributed by atoms with E-state index in [4.69, 9.17) is 24.1 Å². The number of pyridine rings is 1. The summed E-state index contributed by atoms with van der Waals surface area (Å²) in [5, 5.41) is 0.130. The van der Waals surface area contributed by atoms with E-state index in [9.17, 15) is 0 Å². The maximum absolute atomic E-state index is 7.39. The molecule has 5 rings (SSSR count). The van der Waals surface area contributed by atoms with Crippen LogP contribution in [-0.2, 0) is 26.6 Å². The van der Waals surface area contributed by atoms with E-state index in [0.717, 1.165) is 30.7 Å². The zero-order valence-electron chi connectivity index (χ0n) is 27.5. The number of ether oxygens (including phenoxy) is 1. The van der Waals surface area contributed by atoms with Gasteiger partial charge in [0.25, 0.3) is 0 Å². The lowest BCUT2D eigenvalue weighted by Gasteiger charge is -2.45. The lowest BCUT2D eigenvalue weighted by molar-refractivity contribution is -0.0517. The van der Waals surface area contributed by atoms with E-state index in [-0.39, 0.29) is 39.6 Å². The van der Waals surface area contributed by atoms with Crippen molar-refractivity contribution in [2.24, 2.45) is 5.41 Å². The number of rotatable bonds is 4. The molecule has 0 amide bonds. The molecule has 2 aromatic heterocycles. The van der Waals surface area contributed by atoms with Crippen molar-refractivity contribution in [1.82, 2.24) is 15.0 Å². The normalized spacial score (nSPS) is 27.9. The van der Waals surface area contributed by atoms with Crippen LogP contribution in [-0.4, -0.2) is 27.2 Å². The van der Waals surface area contributed by atoms with Crippen LogP contribution in [0.2, 0.25) is 18.1 Å². The molecule has 2 aliphatic carbocycles. The first-order valence-corrected chi connectivity index (χ1v) is 19.8. The van der Waals surface area contributed by atoms with E-state index < -0.39 is 8.32 Å². The minimum Gasteiger partial charge on any atom is -0.410 e. The van der Waals surface area contributed by atoms with Crippen LogP contribution in [0.5, 0.6) is 0 Å². The summed E-state index contributed by atoms with van der Waals surface area (Å²) in [6.07, 6.45) is 9.19. The van der Waals surface area contributed by atoms with Gasteiger partial charge in [-0.2, -0.15) is 0 Å². The largest absolute Gasteiger partial charge is 0.410 e. The number of nitrogens with zero attached hydrogens (tertiary/aromatic N) is 3. The fourth-order valence-corrected chi connectivity index (χ4v) is 9.34. The summed E-state index contributed by atoms with van der Waals surface area (Å²) < 4.78 is 15.2. The number of hydrogen-bond acceptors (Lipinski definition) is 5. The van der Waals surface area contributed by atoms with Gasteiger partial charge in [-0.1, -0.05) is 91.8 Å². The van der Waals surface area contributed by atoms with Crippen molar-refractivity contribution in [3.63, 3.8) is 0 Å². The van der Waals surface area contributed by atoms with Crippen molar-refractivity contribution < 1.29 is 9.16 Å². The zero-order valence-corrected chi connectivity index (χ0v) is 30.7. The summed E-state index contributed by atoms with van der Waals surface area (Å²) in [6.45, 7) is 27.7. The first kappa shape index (κ1) is 31.5. The average Bonchev–Trinajstić information content (AvgIpc) is 3.37. The molecule has 5 nitrogen and oxygen atoms in total. The van der Waals surface area contributed by atoms with Crippen LogP contribution in [0.3, 0.4) is 0 Å². The second-order valence-corrected chi connectivity index (χ2v) is 22.8. The number of fused-ring (bicyclic) bond motifs is 4. The van der Waals surface area contributed by atoms with Crippen LogP contribution >= 0.6 is 22.6 Å². The molecule has 0 N–H and O–H groups in total. The molecule has 0 radical (unpaired) electrons. The second-order valence-electron chi connectivity index (χ2n) is 16.5. The minimum absolute atomic E-state index is 0.0278. The number of alkyl halides is 1. The van der Waals surface area contributed by atoms with Crippen LogP contribution in [0.4, 0.5) is 0 Å². The Kier molecular flexibility index (Phi) is 7.95. The van der Waals surface area contributed by atoms with Gasteiger partial charge < -0.3 is 9.16 Å². The SMILES string of the molecule is CC(C)c1nc2c(c3c1[C@H](c1cnc(C(C)(C)C)nc1)OC31CCCC1I)[C@@H](O[Si](C)(C)C(C)(C)C)CC(C)(C)C2. The standard InChI is InChI=1S/C34H52IN3O2Si/c1-20(2)28-26-27(25-22(38-28)16-33(9,10)17-23(25)40-41(11,12)32(6,7)8)34(15-13-14-24(34)35)39-29(26)21-18-36-30(37-19-21)31(3,4)5/h18-20,23-24,29H,13-17H2,1-12H3/t23-,24?,29-,34?/m0/s1. The summed E-state index contributed by atoms with van der Waals surface area (Å²) in [5.74, 6) is 1.14. The van der Waals surface area contributed by atoms with Gasteiger partial charge in [-0.25, -0.2) is 9.97 Å². The highest BCUT2D eigenvalue weighted by molar-refractivity contribution is 14.1. The lowest BCUT2D eigenvalue weighted by Crippen LogP contribution is -2.44. The molecule has 3 heterocycles. The van der Waals surface area contributed by atoms with Crippen LogP contribution in [0.1, 0.15) is 153 Å². The third kappa shape index (κ3) is 5.48. The summed E-state index contributed by atoms with van der Waals surface area (Å²) in [6, 6.07) is 0. The number of halogens is 1. The number of aromatic nitrogens is 3. The van der Waals surface area contributed by atoms with E-state index in [0.29, 0.717) is 3.92 Å². The Bertz CT molecular complexity index is 1310. The van der Waals surface area contributed by atoms with Crippen LogP contribution in [0.15, 0.2) is 12.4 Å². The predicted molar refractivity (Wildman–Crippen MR) is 178 cm³/mol. The summed E-state index contributed by atoms with van der Waals surface area (Å²) >= 11 is 2.68. The van der Waals surface area contributed by atoms with Gasteiger partial charge in [-0.3, -0.25) is 4.98 Å². The Morgan fingerprint density at radius 2 is 1.68 bits per heavy atom. The van der Waals surface area contributed by atoms with Gasteiger partial charge in [-0.05, 0) is 61.6 Å². The molecule has 0 saturated heterocycles. The highest BCUT2D eigenvalue weighted by Crippen LogP contribution is 2.62. The maximum Gasteiger partial charge on any atom is 0.192 e. The fraction of sp³-hybridized carbons (Fsp3) is 0.735. The summed E-state index contributed by atoms with van der Waals surface area (Å²) in [5.41, 5.74) is 7.18. The quantitative estimate of drug-likeness (QED) is 0.182. The minimum atomic E-state index is -2.06. The molecule has 7 heteroatoms. The molecular formula is C34H52IN3O2Si. The van der Waals surface area contributed by atoms with Crippen molar-refractivity contribution in [2.75, 3.05) is 0 Å². The molecule has 41 heavy (non-hydrogen) atoms. The van der Waals surface area contributed by atoms with E-state index in [1.165, 1.54) is 40.9 Å². The van der Waals surface area contributed by atoms with E-state index in [2.05, 4.69) is 105 Å². The van der Waals surface area contributed by atoms with Gasteiger partial charge in [0.2, 0.25) is 0 Å². The van der Waals surface area contributed by atoms with E-state index in [1.807, 2.05) is 12.4 Å². The number of hydrogen-bond donors (Lipinski definition) is 0. The fourth-order valence-electron chi connectivity index (χ4n) is 6.86. The van der Waals surface area contributed by atoms with Crippen LogP contribution in [0.25, 0.3) is 0 Å². The van der Waals surface area contributed by atoms with Crippen molar-refractivity contribution in [3.05, 3.63) is 51.9 Å². The average molecular weight is 690 g/mol. The molecule has 226 valence electrons. The first-order valence-electron chi connectivity index (χ1n) is 15.7. The molecule has 2 unspecified atom stereocenters. The topological polar surface area (TPSA) is 57.1 Å². The molecule has 3 aliphatic rings. The Balaban J connectivity index is 1.78. The van der Waals surface area contributed by atoms with Gasteiger partial charge >= 0.3 is 0 Å². The van der Waals surface area contributed by atoms with Gasteiger partial charge in [0, 0.05) is 55.4 Å². The molecule has 1 spiro atoms. The Hall–Kier alpha value is -0.903. The van der Waals surface area contributed by atoms with Crippen LogP contribution in [0, 0.1) is 5.41 Å². The van der Waals surface area contributed by atoms with Gasteiger partial charge in [0.1, 0.15) is 17.5 Å². The van der Waals surface area contributed by atoms with Gasteiger partial charge in [0.05, 0.1) is 6.10 Å². The highest BCUT2D eigenvalue weighted by atomic mass is 127. The van der Waals surface area contributed by atoms with Crippen molar-refractivity contribution in [2.45, 2.75) is 153 Å². The molecule has 1 aliphatic heterocycles. The molecule has 4 atom stereocenters. The van der Waals surface area contributed by atoms with Crippen molar-refractivity contribution >= 4 is 30.9 Å². The lowest BCUT2D eigenvalue weighted by atomic mass is 9.70. The molecular weight excluding hydrogens is 637 g/mol. The third-order valence-electron chi connectivity index (χ3n) is 10.0. The molecule has 0 aromatic carbocycles. The highest BCUT2D eigenvalue weighted by Gasteiger charge is 2.57. The third-order valence-corrected chi connectivity index (χ3v) is 16.2. The second kappa shape index (κ2) is 10.3. The van der Waals surface area contributed by atoms with E-state index in [1.54, 1.807) is 0 Å². The Labute approximate surface area is 263 Å². The van der Waals surface area contributed by atoms with Gasteiger partial charge in [0.15, 0.2) is 8.32 Å². The molecule has 1 fully saturated rings. The Morgan fingerprint density at radius 1 is 1.05 bits per heavy atom.